The summed E-state index contributed by atoms with van der Waals surface area (Å²) in [6.07, 6.45) is 8.50. The van der Waals surface area contributed by atoms with Crippen LogP contribution in [0.25, 0.3) is 45.2 Å². The Morgan fingerprint density at radius 2 is 1.73 bits per heavy atom. The summed E-state index contributed by atoms with van der Waals surface area (Å²) < 4.78 is 4.83. The zero-order valence-electron chi connectivity index (χ0n) is 24.0. The van der Waals surface area contributed by atoms with Crippen LogP contribution in [0.4, 0.5) is 0 Å². The second-order valence-electron chi connectivity index (χ2n) is 12.5. The minimum Gasteiger partial charge on any atom is -0.358 e. The second kappa shape index (κ2) is 8.89. The summed E-state index contributed by atoms with van der Waals surface area (Å²) in [5.41, 5.74) is 13.9. The number of pyridine rings is 2. The molecule has 3 aromatic heterocycles. The highest BCUT2D eigenvalue weighted by molar-refractivity contribution is 5.94. The minimum atomic E-state index is 0.0320. The molecule has 0 spiro atoms. The van der Waals surface area contributed by atoms with Crippen molar-refractivity contribution in [3.63, 3.8) is 0 Å². The predicted molar refractivity (Wildman–Crippen MR) is 165 cm³/mol. The van der Waals surface area contributed by atoms with Gasteiger partial charge >= 0.3 is 0 Å². The molecule has 3 heteroatoms. The molecule has 2 aliphatic heterocycles. The van der Waals surface area contributed by atoms with Crippen LogP contribution < -0.4 is 9.13 Å². The van der Waals surface area contributed by atoms with Crippen molar-refractivity contribution in [2.24, 2.45) is 0 Å². The molecule has 0 bridgehead atoms. The van der Waals surface area contributed by atoms with Gasteiger partial charge in [-0.05, 0) is 72.7 Å². The van der Waals surface area contributed by atoms with Crippen LogP contribution in [0.15, 0.2) is 92.3 Å². The molecule has 0 amide bonds. The van der Waals surface area contributed by atoms with Crippen molar-refractivity contribution < 1.29 is 9.13 Å². The van der Waals surface area contributed by atoms with Gasteiger partial charge in [0.15, 0.2) is 12.4 Å². The molecule has 2 aromatic carbocycles. The molecule has 2 atom stereocenters. The second-order valence-corrected chi connectivity index (χ2v) is 12.5. The topological polar surface area (TPSA) is 23.5 Å². The lowest BCUT2D eigenvalue weighted by atomic mass is 9.78. The highest BCUT2D eigenvalue weighted by Gasteiger charge is 2.46. The van der Waals surface area contributed by atoms with Crippen molar-refractivity contribution in [2.45, 2.75) is 57.9 Å². The van der Waals surface area contributed by atoms with Gasteiger partial charge in [0.25, 0.3) is 0 Å². The Hall–Kier alpha value is -4.24. The molecule has 198 valence electrons. The number of hydrogen-bond donors (Lipinski definition) is 1. The van der Waals surface area contributed by atoms with Crippen molar-refractivity contribution >= 4 is 22.7 Å². The number of benzene rings is 2. The molecule has 5 heterocycles. The van der Waals surface area contributed by atoms with Crippen molar-refractivity contribution in [1.82, 2.24) is 4.98 Å². The van der Waals surface area contributed by atoms with Gasteiger partial charge in [0.05, 0.1) is 11.5 Å². The molecule has 0 saturated carbocycles. The van der Waals surface area contributed by atoms with E-state index < -0.39 is 0 Å². The number of fused-ring (bicyclic) bond motifs is 10. The molecule has 0 radical (unpaired) electrons. The van der Waals surface area contributed by atoms with Crippen molar-refractivity contribution in [2.75, 3.05) is 0 Å². The maximum absolute atomic E-state index is 4.84. The smallest absolute Gasteiger partial charge is 0.249 e. The van der Waals surface area contributed by atoms with E-state index in [9.17, 15) is 0 Å². The summed E-state index contributed by atoms with van der Waals surface area (Å²) in [5.74, 6) is 0.307. The Kier molecular flexibility index (Phi) is 5.51. The van der Waals surface area contributed by atoms with Gasteiger partial charge < -0.3 is 4.98 Å². The first-order valence-electron chi connectivity index (χ1n) is 14.4. The van der Waals surface area contributed by atoms with Crippen LogP contribution in [-0.4, -0.2) is 4.98 Å². The standard InChI is InChI=1S/C37H36N3/c1-7-27-23(2)38-33-20-25-15-16-30-28-12-8-9-13-29(28)34-14-10-11-18-40(34)36(30)24(3)39-19-17-26(37(4,5)6)21-35(39)31(25)22-32(27)33/h7-14,17-22,30,36H,1,3,15-16H2,2,4-6H3/q+1/p+1. The van der Waals surface area contributed by atoms with Crippen LogP contribution in [0.1, 0.15) is 67.1 Å². The normalized spacial score (nSPS) is 17.9. The summed E-state index contributed by atoms with van der Waals surface area (Å²) >= 11 is 0. The summed E-state index contributed by atoms with van der Waals surface area (Å²) in [5, 5.41) is 1.23. The van der Waals surface area contributed by atoms with E-state index in [1.807, 2.05) is 6.08 Å². The molecule has 1 N–H and O–H groups in total. The van der Waals surface area contributed by atoms with Crippen LogP contribution >= 0.6 is 0 Å². The van der Waals surface area contributed by atoms with E-state index in [1.54, 1.807) is 0 Å². The van der Waals surface area contributed by atoms with Gasteiger partial charge in [0, 0.05) is 52.0 Å². The first-order chi connectivity index (χ1) is 19.3. The van der Waals surface area contributed by atoms with Crippen LogP contribution in [0.5, 0.6) is 0 Å². The molecule has 0 fully saturated rings. The van der Waals surface area contributed by atoms with Crippen LogP contribution in [0, 0.1) is 6.92 Å². The molecule has 40 heavy (non-hydrogen) atoms. The number of aromatic nitrogens is 3. The molecular weight excluding hydrogens is 486 g/mol. The van der Waals surface area contributed by atoms with Crippen molar-refractivity contribution in [1.29, 1.82) is 0 Å². The lowest BCUT2D eigenvalue weighted by Gasteiger charge is -2.29. The summed E-state index contributed by atoms with van der Waals surface area (Å²) in [4.78, 5) is 3.63. The Balaban J connectivity index is 1.54. The van der Waals surface area contributed by atoms with E-state index in [0.717, 1.165) is 24.2 Å². The van der Waals surface area contributed by atoms with E-state index in [2.05, 4.69) is 128 Å². The number of aryl methyl sites for hydroxylation is 2. The fourth-order valence-electron chi connectivity index (χ4n) is 7.08. The number of hydrogen-bond acceptors (Lipinski definition) is 0. The molecule has 0 aliphatic carbocycles. The maximum Gasteiger partial charge on any atom is 0.249 e. The Morgan fingerprint density at radius 3 is 2.52 bits per heavy atom. The largest absolute Gasteiger partial charge is 0.358 e. The number of aromatic amines is 1. The van der Waals surface area contributed by atoms with Crippen molar-refractivity contribution in [3.05, 3.63) is 120 Å². The quantitative estimate of drug-likeness (QED) is 0.215. The Morgan fingerprint density at radius 1 is 0.925 bits per heavy atom. The third-order valence-corrected chi connectivity index (χ3v) is 9.14. The van der Waals surface area contributed by atoms with Gasteiger partial charge in [0.1, 0.15) is 0 Å². The SMILES string of the molecule is C=Cc1c(C)[nH]c2cc3c(cc12)-c1cc(C(C)(C)C)cc[n+]1C(=C)C1C(CC3)c2ccccc2-c2cccc[n+]21. The van der Waals surface area contributed by atoms with E-state index >= 15 is 0 Å². The van der Waals surface area contributed by atoms with Gasteiger partial charge in [-0.15, -0.1) is 0 Å². The van der Waals surface area contributed by atoms with Gasteiger partial charge in [-0.3, -0.25) is 0 Å². The molecule has 5 aromatic rings. The lowest BCUT2D eigenvalue weighted by molar-refractivity contribution is -0.727. The predicted octanol–water partition coefficient (Wildman–Crippen LogP) is 8.08. The minimum absolute atomic E-state index is 0.0320. The van der Waals surface area contributed by atoms with E-state index in [-0.39, 0.29) is 11.5 Å². The van der Waals surface area contributed by atoms with Gasteiger partial charge in [0.2, 0.25) is 23.1 Å². The monoisotopic (exact) mass is 523 g/mol. The first-order valence-corrected chi connectivity index (χ1v) is 14.4. The zero-order valence-corrected chi connectivity index (χ0v) is 24.0. The maximum atomic E-state index is 4.84. The molecule has 2 aliphatic rings. The highest BCUT2D eigenvalue weighted by Crippen LogP contribution is 2.45. The van der Waals surface area contributed by atoms with Crippen molar-refractivity contribution in [3.8, 4) is 22.5 Å². The molecule has 7 rings (SSSR count). The number of nitrogens with zero attached hydrogens (tertiary/aromatic N) is 2. The summed E-state index contributed by atoms with van der Waals surface area (Å²) in [6.45, 7) is 18.0. The molecule has 0 saturated heterocycles. The van der Waals surface area contributed by atoms with E-state index in [0.29, 0.717) is 5.92 Å². The Bertz CT molecular complexity index is 1850. The fraction of sp³-hybridized carbons (Fsp3) is 0.243. The third-order valence-electron chi connectivity index (χ3n) is 9.14. The van der Waals surface area contributed by atoms with E-state index in [4.69, 9.17) is 6.58 Å². The number of nitrogens with one attached hydrogen (secondary N) is 1. The lowest BCUT2D eigenvalue weighted by Crippen LogP contribution is -2.53. The number of allylic oxidation sites excluding steroid dienone is 1. The average Bonchev–Trinajstić information content (AvgIpc) is 3.28. The van der Waals surface area contributed by atoms with Gasteiger partial charge in [-0.2, -0.15) is 9.13 Å². The average molecular weight is 524 g/mol. The highest BCUT2D eigenvalue weighted by atomic mass is 15.1. The summed E-state index contributed by atoms with van der Waals surface area (Å²) in [6, 6.07) is 25.1. The van der Waals surface area contributed by atoms with Crippen LogP contribution in [-0.2, 0) is 11.8 Å². The summed E-state index contributed by atoms with van der Waals surface area (Å²) in [7, 11) is 0. The van der Waals surface area contributed by atoms with Gasteiger partial charge in [-0.25, -0.2) is 0 Å². The number of rotatable bonds is 1. The molecule has 3 nitrogen and oxygen atoms in total. The van der Waals surface area contributed by atoms with Crippen LogP contribution in [0.3, 0.4) is 0 Å². The van der Waals surface area contributed by atoms with Crippen LogP contribution in [0.2, 0.25) is 0 Å². The van der Waals surface area contributed by atoms with Gasteiger partial charge in [-0.1, -0.05) is 51.6 Å². The zero-order chi connectivity index (χ0) is 27.8. The number of H-pyrrole nitrogens is 1. The Labute approximate surface area is 237 Å². The molecule has 2 unspecified atom stereocenters. The fourth-order valence-corrected chi connectivity index (χ4v) is 7.08. The third kappa shape index (κ3) is 3.64. The molecular formula is C37H37N3+2. The van der Waals surface area contributed by atoms with E-state index in [1.165, 1.54) is 55.7 Å². The first kappa shape index (κ1) is 24.8.